The van der Waals surface area contributed by atoms with Crippen LogP contribution in [0.1, 0.15) is 30.3 Å². The molecule has 0 amide bonds. The second kappa shape index (κ2) is 5.87. The summed E-state index contributed by atoms with van der Waals surface area (Å²) < 4.78 is 2.99. The molecule has 0 aliphatic heterocycles. The van der Waals surface area contributed by atoms with Gasteiger partial charge in [-0.15, -0.1) is 11.3 Å². The second-order valence-electron chi connectivity index (χ2n) is 4.74. The van der Waals surface area contributed by atoms with E-state index in [9.17, 15) is 0 Å². The zero-order valence-electron chi connectivity index (χ0n) is 10.6. The number of hydrogen-bond donors (Lipinski definition) is 1. The van der Waals surface area contributed by atoms with Gasteiger partial charge in [0.05, 0.1) is 17.2 Å². The van der Waals surface area contributed by atoms with Gasteiger partial charge in [0.15, 0.2) is 0 Å². The first-order valence-electron chi connectivity index (χ1n) is 6.06. The van der Waals surface area contributed by atoms with Gasteiger partial charge in [-0.3, -0.25) is 0 Å². The fourth-order valence-electron chi connectivity index (χ4n) is 2.11. The molecular formula is C13H18ClN3S. The highest BCUT2D eigenvalue weighted by Crippen LogP contribution is 2.26. The fraction of sp³-hybridized carbons (Fsp3) is 0.462. The van der Waals surface area contributed by atoms with Crippen LogP contribution in [0, 0.1) is 5.92 Å². The molecule has 0 fully saturated rings. The molecule has 0 saturated carbocycles. The average molecular weight is 284 g/mol. The van der Waals surface area contributed by atoms with Crippen LogP contribution in [0.3, 0.4) is 0 Å². The maximum absolute atomic E-state index is 5.95. The highest BCUT2D eigenvalue weighted by molar-refractivity contribution is 7.16. The maximum Gasteiger partial charge on any atom is 0.0951 e. The molecule has 0 radical (unpaired) electrons. The van der Waals surface area contributed by atoms with Gasteiger partial charge < -0.3 is 10.3 Å². The van der Waals surface area contributed by atoms with Gasteiger partial charge in [0.2, 0.25) is 0 Å². The molecule has 0 aliphatic rings. The van der Waals surface area contributed by atoms with Crippen molar-refractivity contribution < 1.29 is 0 Å². The monoisotopic (exact) mass is 283 g/mol. The van der Waals surface area contributed by atoms with E-state index in [1.54, 1.807) is 11.3 Å². The Kier molecular flexibility index (Phi) is 4.43. The predicted molar refractivity (Wildman–Crippen MR) is 77.3 cm³/mol. The fourth-order valence-corrected chi connectivity index (χ4v) is 3.20. The van der Waals surface area contributed by atoms with Crippen molar-refractivity contribution in [1.82, 2.24) is 9.55 Å². The molecular weight excluding hydrogens is 266 g/mol. The molecule has 2 heterocycles. The van der Waals surface area contributed by atoms with Crippen molar-refractivity contribution in [2.24, 2.45) is 11.7 Å². The number of thiophene rings is 1. The summed E-state index contributed by atoms with van der Waals surface area (Å²) in [4.78, 5) is 5.49. The van der Waals surface area contributed by atoms with Gasteiger partial charge in [-0.1, -0.05) is 25.4 Å². The summed E-state index contributed by atoms with van der Waals surface area (Å²) in [5.74, 6) is 0.861. The molecule has 2 aromatic rings. The number of nitrogens with two attached hydrogens (primary N) is 1. The predicted octanol–water partition coefficient (Wildman–Crippen LogP) is 3.34. The molecule has 2 aromatic heterocycles. The lowest BCUT2D eigenvalue weighted by Gasteiger charge is -2.20. The minimum absolute atomic E-state index is 0.350. The molecule has 3 nitrogen and oxygen atoms in total. The number of hydrogen-bond acceptors (Lipinski definition) is 3. The Hall–Kier alpha value is -0.840. The van der Waals surface area contributed by atoms with Crippen LogP contribution < -0.4 is 5.73 Å². The Labute approximate surface area is 117 Å². The summed E-state index contributed by atoms with van der Waals surface area (Å²) >= 11 is 7.56. The molecule has 1 unspecified atom stereocenters. The highest BCUT2D eigenvalue weighted by atomic mass is 35.5. The molecule has 0 bridgehead atoms. The number of rotatable bonds is 5. The number of halogens is 1. The van der Waals surface area contributed by atoms with Crippen LogP contribution in [0.4, 0.5) is 0 Å². The zero-order valence-corrected chi connectivity index (χ0v) is 12.2. The van der Waals surface area contributed by atoms with Gasteiger partial charge in [-0.25, -0.2) is 4.98 Å². The van der Waals surface area contributed by atoms with E-state index in [0.29, 0.717) is 18.4 Å². The molecule has 5 heteroatoms. The first kappa shape index (κ1) is 13.6. The standard InChI is InChI=1S/C13H18ClN3S/c1-9(2)11(5-15)12-6-16-8-17(12)7-10-3-4-13(14)18-10/h3-4,6,8-9,11H,5,7,15H2,1-2H3. The molecule has 0 aliphatic carbocycles. The summed E-state index contributed by atoms with van der Waals surface area (Å²) in [6.07, 6.45) is 3.79. The van der Waals surface area contributed by atoms with Gasteiger partial charge in [-0.2, -0.15) is 0 Å². The Morgan fingerprint density at radius 2 is 2.22 bits per heavy atom. The summed E-state index contributed by atoms with van der Waals surface area (Å²) in [6.45, 7) is 5.85. The number of nitrogens with zero attached hydrogens (tertiary/aromatic N) is 2. The maximum atomic E-state index is 5.95. The van der Waals surface area contributed by atoms with Crippen LogP contribution >= 0.6 is 22.9 Å². The molecule has 0 aromatic carbocycles. The molecule has 2 rings (SSSR count). The lowest BCUT2D eigenvalue weighted by Crippen LogP contribution is -2.21. The largest absolute Gasteiger partial charge is 0.330 e. The third-order valence-corrected chi connectivity index (χ3v) is 4.35. The highest BCUT2D eigenvalue weighted by Gasteiger charge is 2.18. The third-order valence-electron chi connectivity index (χ3n) is 3.14. The van der Waals surface area contributed by atoms with Crippen LogP contribution in [0.5, 0.6) is 0 Å². The van der Waals surface area contributed by atoms with Gasteiger partial charge in [-0.05, 0) is 18.1 Å². The third kappa shape index (κ3) is 2.94. The van der Waals surface area contributed by atoms with E-state index >= 15 is 0 Å². The van der Waals surface area contributed by atoms with Crippen molar-refractivity contribution in [3.8, 4) is 0 Å². The van der Waals surface area contributed by atoms with E-state index in [1.165, 1.54) is 10.6 Å². The van der Waals surface area contributed by atoms with Gasteiger partial charge in [0.1, 0.15) is 0 Å². The van der Waals surface area contributed by atoms with Crippen molar-refractivity contribution in [1.29, 1.82) is 0 Å². The Morgan fingerprint density at radius 1 is 1.44 bits per heavy atom. The van der Waals surface area contributed by atoms with Crippen LogP contribution in [0.2, 0.25) is 4.34 Å². The smallest absolute Gasteiger partial charge is 0.0951 e. The van der Waals surface area contributed by atoms with Crippen LogP contribution in [-0.4, -0.2) is 16.1 Å². The first-order chi connectivity index (χ1) is 8.61. The summed E-state index contributed by atoms with van der Waals surface area (Å²) in [5.41, 5.74) is 7.08. The van der Waals surface area contributed by atoms with Gasteiger partial charge in [0.25, 0.3) is 0 Å². The van der Waals surface area contributed by atoms with Crippen molar-refractivity contribution in [2.45, 2.75) is 26.3 Å². The quantitative estimate of drug-likeness (QED) is 0.914. The zero-order chi connectivity index (χ0) is 13.1. The van der Waals surface area contributed by atoms with E-state index < -0.39 is 0 Å². The van der Waals surface area contributed by atoms with E-state index in [1.807, 2.05) is 18.6 Å². The number of aromatic nitrogens is 2. The second-order valence-corrected chi connectivity index (χ2v) is 6.54. The molecule has 0 spiro atoms. The van der Waals surface area contributed by atoms with Crippen LogP contribution in [0.25, 0.3) is 0 Å². The molecule has 1 atom stereocenters. The Balaban J connectivity index is 2.22. The Bertz CT molecular complexity index is 504. The summed E-state index contributed by atoms with van der Waals surface area (Å²) in [7, 11) is 0. The van der Waals surface area contributed by atoms with Crippen LogP contribution in [-0.2, 0) is 6.54 Å². The van der Waals surface area contributed by atoms with Crippen molar-refractivity contribution >= 4 is 22.9 Å². The van der Waals surface area contributed by atoms with E-state index in [-0.39, 0.29) is 0 Å². The normalized spacial score (nSPS) is 13.2. The van der Waals surface area contributed by atoms with Crippen molar-refractivity contribution in [2.75, 3.05) is 6.54 Å². The van der Waals surface area contributed by atoms with E-state index in [2.05, 4.69) is 29.5 Å². The number of imidazole rings is 1. The topological polar surface area (TPSA) is 43.8 Å². The SMILES string of the molecule is CC(C)C(CN)c1cncn1Cc1ccc(Cl)s1. The lowest BCUT2D eigenvalue weighted by molar-refractivity contribution is 0.478. The van der Waals surface area contributed by atoms with Crippen LogP contribution in [0.15, 0.2) is 24.7 Å². The van der Waals surface area contributed by atoms with E-state index in [0.717, 1.165) is 10.9 Å². The van der Waals surface area contributed by atoms with Crippen molar-refractivity contribution in [3.05, 3.63) is 39.6 Å². The molecule has 2 N–H and O–H groups in total. The first-order valence-corrected chi connectivity index (χ1v) is 7.25. The molecule has 18 heavy (non-hydrogen) atoms. The minimum atomic E-state index is 0.350. The molecule has 0 saturated heterocycles. The Morgan fingerprint density at radius 3 is 2.78 bits per heavy atom. The minimum Gasteiger partial charge on any atom is -0.330 e. The summed E-state index contributed by atoms with van der Waals surface area (Å²) in [6, 6.07) is 3.99. The molecule has 98 valence electrons. The summed E-state index contributed by atoms with van der Waals surface area (Å²) in [5, 5.41) is 0. The van der Waals surface area contributed by atoms with Gasteiger partial charge in [0, 0.05) is 29.2 Å². The average Bonchev–Trinajstić information content (AvgIpc) is 2.90. The van der Waals surface area contributed by atoms with E-state index in [4.69, 9.17) is 17.3 Å². The van der Waals surface area contributed by atoms with Crippen molar-refractivity contribution in [3.63, 3.8) is 0 Å². The van der Waals surface area contributed by atoms with Gasteiger partial charge >= 0.3 is 0 Å². The lowest BCUT2D eigenvalue weighted by atomic mass is 9.93.